The number of hydrogen-bond acceptors (Lipinski definition) is 2. The zero-order valence-corrected chi connectivity index (χ0v) is 7.34. The van der Waals surface area contributed by atoms with Gasteiger partial charge < -0.3 is 5.73 Å². The van der Waals surface area contributed by atoms with E-state index in [1.807, 2.05) is 0 Å². The molecule has 0 spiro atoms. The van der Waals surface area contributed by atoms with E-state index in [1.54, 1.807) is 0 Å². The van der Waals surface area contributed by atoms with Crippen molar-refractivity contribution in [2.45, 2.75) is 39.2 Å². The van der Waals surface area contributed by atoms with Crippen LogP contribution in [0.5, 0.6) is 0 Å². The van der Waals surface area contributed by atoms with Gasteiger partial charge in [-0.3, -0.25) is 4.79 Å². The molecule has 0 aromatic rings. The van der Waals surface area contributed by atoms with Gasteiger partial charge in [-0.1, -0.05) is 13.8 Å². The molecule has 0 bridgehead atoms. The minimum absolute atomic E-state index is 0.177. The number of rotatable bonds is 1. The van der Waals surface area contributed by atoms with Crippen molar-refractivity contribution in [2.75, 3.05) is 0 Å². The van der Waals surface area contributed by atoms with Gasteiger partial charge in [-0.15, -0.1) is 0 Å². The Morgan fingerprint density at radius 1 is 1.55 bits per heavy atom. The minimum atomic E-state index is -0.177. The molecule has 0 aliphatic heterocycles. The van der Waals surface area contributed by atoms with Crippen LogP contribution in [-0.2, 0) is 4.79 Å². The van der Waals surface area contributed by atoms with Crippen LogP contribution in [0.15, 0.2) is 0 Å². The van der Waals surface area contributed by atoms with Gasteiger partial charge in [0.1, 0.15) is 5.78 Å². The van der Waals surface area contributed by atoms with Crippen molar-refractivity contribution in [3.63, 3.8) is 0 Å². The maximum Gasteiger partial charge on any atom is 0.149 e. The minimum Gasteiger partial charge on any atom is -0.321 e. The van der Waals surface area contributed by atoms with Crippen LogP contribution in [0.3, 0.4) is 0 Å². The lowest BCUT2D eigenvalue weighted by Gasteiger charge is -2.30. The van der Waals surface area contributed by atoms with Crippen LogP contribution in [0.2, 0.25) is 0 Å². The van der Waals surface area contributed by atoms with E-state index in [1.165, 1.54) is 0 Å². The number of nitrogens with two attached hydrogens (primary N) is 1. The van der Waals surface area contributed by atoms with Crippen LogP contribution in [0.4, 0.5) is 0 Å². The third kappa shape index (κ3) is 1.80. The van der Waals surface area contributed by atoms with Gasteiger partial charge in [-0.25, -0.2) is 0 Å². The first-order valence-corrected chi connectivity index (χ1v) is 4.41. The number of carbonyl (C=O) groups excluding carboxylic acids is 1. The Labute approximate surface area is 68.2 Å². The van der Waals surface area contributed by atoms with Crippen molar-refractivity contribution in [1.82, 2.24) is 0 Å². The van der Waals surface area contributed by atoms with Crippen LogP contribution in [0.25, 0.3) is 0 Å². The molecule has 0 amide bonds. The van der Waals surface area contributed by atoms with Crippen molar-refractivity contribution < 1.29 is 4.79 Å². The molecular weight excluding hydrogens is 138 g/mol. The first-order valence-electron chi connectivity index (χ1n) is 4.41. The third-order valence-electron chi connectivity index (χ3n) is 2.65. The molecule has 0 radical (unpaired) electrons. The lowest BCUT2D eigenvalue weighted by Crippen LogP contribution is -2.43. The largest absolute Gasteiger partial charge is 0.321 e. The van der Waals surface area contributed by atoms with E-state index in [-0.39, 0.29) is 11.8 Å². The first-order chi connectivity index (χ1) is 5.13. The zero-order valence-electron chi connectivity index (χ0n) is 7.34. The van der Waals surface area contributed by atoms with Gasteiger partial charge in [0.15, 0.2) is 0 Å². The molecule has 0 aromatic heterocycles. The highest BCUT2D eigenvalue weighted by Gasteiger charge is 2.30. The SMILES string of the molecule is CC(C)C1CCCC(=O)C1N. The van der Waals surface area contributed by atoms with Gasteiger partial charge in [0.05, 0.1) is 6.04 Å². The Morgan fingerprint density at radius 2 is 2.18 bits per heavy atom. The molecule has 1 rings (SSSR count). The number of Topliss-reactive ketones (excluding diaryl/α,β-unsaturated/α-hetero) is 1. The molecule has 2 N–H and O–H groups in total. The Bertz CT molecular complexity index is 154. The molecule has 64 valence electrons. The Kier molecular flexibility index (Phi) is 2.66. The lowest BCUT2D eigenvalue weighted by atomic mass is 9.78. The summed E-state index contributed by atoms with van der Waals surface area (Å²) in [5.41, 5.74) is 5.77. The van der Waals surface area contributed by atoms with Crippen molar-refractivity contribution in [3.05, 3.63) is 0 Å². The van der Waals surface area contributed by atoms with Crippen LogP contribution in [0, 0.1) is 11.8 Å². The number of ketones is 1. The van der Waals surface area contributed by atoms with Crippen molar-refractivity contribution in [1.29, 1.82) is 0 Å². The molecule has 2 atom stereocenters. The van der Waals surface area contributed by atoms with Crippen molar-refractivity contribution in [2.24, 2.45) is 17.6 Å². The summed E-state index contributed by atoms with van der Waals surface area (Å²) in [7, 11) is 0. The summed E-state index contributed by atoms with van der Waals surface area (Å²) in [6.45, 7) is 4.28. The predicted molar refractivity (Wildman–Crippen MR) is 45.2 cm³/mol. The van der Waals surface area contributed by atoms with Crippen LogP contribution < -0.4 is 5.73 Å². The van der Waals surface area contributed by atoms with Gasteiger partial charge in [0.25, 0.3) is 0 Å². The molecule has 1 fully saturated rings. The number of hydrogen-bond donors (Lipinski definition) is 1. The summed E-state index contributed by atoms with van der Waals surface area (Å²) < 4.78 is 0. The molecule has 0 heterocycles. The van der Waals surface area contributed by atoms with E-state index in [2.05, 4.69) is 13.8 Å². The smallest absolute Gasteiger partial charge is 0.149 e. The maximum atomic E-state index is 11.2. The van der Waals surface area contributed by atoms with Crippen molar-refractivity contribution >= 4 is 5.78 Å². The Hall–Kier alpha value is -0.370. The molecule has 11 heavy (non-hydrogen) atoms. The highest BCUT2D eigenvalue weighted by atomic mass is 16.1. The fourth-order valence-electron chi connectivity index (χ4n) is 1.84. The second-order valence-corrected chi connectivity index (χ2v) is 3.79. The van der Waals surface area contributed by atoms with Gasteiger partial charge in [-0.05, 0) is 24.7 Å². The van der Waals surface area contributed by atoms with Gasteiger partial charge >= 0.3 is 0 Å². The van der Waals surface area contributed by atoms with E-state index in [4.69, 9.17) is 5.73 Å². The second kappa shape index (κ2) is 3.35. The molecule has 1 aliphatic rings. The first kappa shape index (κ1) is 8.72. The number of carbonyl (C=O) groups is 1. The molecule has 2 heteroatoms. The summed E-state index contributed by atoms with van der Waals surface area (Å²) in [5.74, 6) is 1.24. The van der Waals surface area contributed by atoms with Crippen LogP contribution in [0.1, 0.15) is 33.1 Å². The summed E-state index contributed by atoms with van der Waals surface area (Å²) in [6, 6.07) is -0.177. The van der Waals surface area contributed by atoms with Gasteiger partial charge in [0.2, 0.25) is 0 Å². The monoisotopic (exact) mass is 155 g/mol. The molecule has 1 aliphatic carbocycles. The standard InChI is InChI=1S/C9H17NO/c1-6(2)7-4-3-5-8(11)9(7)10/h6-7,9H,3-5,10H2,1-2H3. The Balaban J connectivity index is 2.58. The summed E-state index contributed by atoms with van der Waals surface area (Å²) in [6.07, 6.45) is 2.87. The predicted octanol–water partition coefficient (Wildman–Crippen LogP) is 1.34. The fraction of sp³-hybridized carbons (Fsp3) is 0.889. The summed E-state index contributed by atoms with van der Waals surface area (Å²) >= 11 is 0. The highest BCUT2D eigenvalue weighted by molar-refractivity contribution is 5.84. The molecule has 1 saturated carbocycles. The third-order valence-corrected chi connectivity index (χ3v) is 2.65. The summed E-state index contributed by atoms with van der Waals surface area (Å²) in [4.78, 5) is 11.2. The van der Waals surface area contributed by atoms with Crippen LogP contribution >= 0.6 is 0 Å². The summed E-state index contributed by atoms with van der Waals surface area (Å²) in [5, 5.41) is 0. The van der Waals surface area contributed by atoms with E-state index < -0.39 is 0 Å². The van der Waals surface area contributed by atoms with Gasteiger partial charge in [-0.2, -0.15) is 0 Å². The average molecular weight is 155 g/mol. The quantitative estimate of drug-likeness (QED) is 0.621. The molecule has 0 saturated heterocycles. The second-order valence-electron chi connectivity index (χ2n) is 3.79. The van der Waals surface area contributed by atoms with Crippen LogP contribution in [-0.4, -0.2) is 11.8 Å². The fourth-order valence-corrected chi connectivity index (χ4v) is 1.84. The lowest BCUT2D eigenvalue weighted by molar-refractivity contribution is -0.123. The molecule has 2 unspecified atom stereocenters. The topological polar surface area (TPSA) is 43.1 Å². The zero-order chi connectivity index (χ0) is 8.43. The highest BCUT2D eigenvalue weighted by Crippen LogP contribution is 2.26. The maximum absolute atomic E-state index is 11.2. The Morgan fingerprint density at radius 3 is 2.64 bits per heavy atom. The van der Waals surface area contributed by atoms with E-state index in [9.17, 15) is 4.79 Å². The normalized spacial score (nSPS) is 32.9. The van der Waals surface area contributed by atoms with E-state index in [0.717, 1.165) is 12.8 Å². The molecule has 0 aromatic carbocycles. The van der Waals surface area contributed by atoms with Gasteiger partial charge in [0, 0.05) is 6.42 Å². The molecular formula is C9H17NO. The van der Waals surface area contributed by atoms with Crippen molar-refractivity contribution in [3.8, 4) is 0 Å². The van der Waals surface area contributed by atoms with E-state index >= 15 is 0 Å². The van der Waals surface area contributed by atoms with E-state index in [0.29, 0.717) is 18.3 Å². The average Bonchev–Trinajstić information content (AvgIpc) is 1.94. The molecule has 2 nitrogen and oxygen atoms in total.